The first-order valence-corrected chi connectivity index (χ1v) is 9.13. The van der Waals surface area contributed by atoms with Crippen molar-refractivity contribution in [3.8, 4) is 11.1 Å². The van der Waals surface area contributed by atoms with Gasteiger partial charge in [0.25, 0.3) is 5.91 Å². The van der Waals surface area contributed by atoms with Crippen LogP contribution in [0.15, 0.2) is 22.7 Å². The lowest BCUT2D eigenvalue weighted by atomic mass is 9.77. The highest BCUT2D eigenvalue weighted by Crippen LogP contribution is 2.47. The van der Waals surface area contributed by atoms with Gasteiger partial charge in [-0.3, -0.25) is 4.79 Å². The molecule has 1 unspecified atom stereocenters. The monoisotopic (exact) mass is 340 g/mol. The number of aromatic nitrogens is 1. The van der Waals surface area contributed by atoms with Gasteiger partial charge in [0, 0.05) is 22.7 Å². The number of rotatable bonds is 2. The van der Waals surface area contributed by atoms with Crippen molar-refractivity contribution in [2.75, 3.05) is 5.32 Å². The number of carbonyl (C=O) groups excluding carboxylic acids is 1. The van der Waals surface area contributed by atoms with Crippen molar-refractivity contribution < 1.29 is 14.4 Å². The summed E-state index contributed by atoms with van der Waals surface area (Å²) in [5.41, 5.74) is 2.65. The maximum Gasteiger partial charge on any atom is 0.261 e. The first kappa shape index (κ1) is 16.3. The van der Waals surface area contributed by atoms with E-state index in [4.69, 9.17) is 4.52 Å². The number of hydrogen-bond donors (Lipinski definition) is 2. The van der Waals surface area contributed by atoms with Gasteiger partial charge in [-0.25, -0.2) is 0 Å². The van der Waals surface area contributed by atoms with E-state index < -0.39 is 5.60 Å². The average molecular weight is 340 g/mol. The van der Waals surface area contributed by atoms with Crippen LogP contribution in [-0.2, 0) is 10.4 Å². The van der Waals surface area contributed by atoms with Gasteiger partial charge in [-0.1, -0.05) is 36.9 Å². The molecule has 1 aliphatic carbocycles. The van der Waals surface area contributed by atoms with Crippen molar-refractivity contribution in [1.29, 1.82) is 0 Å². The second-order valence-electron chi connectivity index (χ2n) is 7.37. The molecule has 0 spiro atoms. The highest BCUT2D eigenvalue weighted by Gasteiger charge is 2.50. The minimum Gasteiger partial charge on any atom is -0.375 e. The number of aryl methyl sites for hydroxylation is 2. The van der Waals surface area contributed by atoms with Gasteiger partial charge in [0.15, 0.2) is 5.60 Å². The molecule has 2 aliphatic rings. The predicted molar refractivity (Wildman–Crippen MR) is 95.1 cm³/mol. The molecule has 0 radical (unpaired) electrons. The second kappa shape index (κ2) is 5.99. The van der Waals surface area contributed by atoms with Crippen LogP contribution in [0.1, 0.15) is 55.5 Å². The summed E-state index contributed by atoms with van der Waals surface area (Å²) in [4.78, 5) is 12.7. The zero-order valence-corrected chi connectivity index (χ0v) is 14.8. The van der Waals surface area contributed by atoms with Crippen molar-refractivity contribution in [1.82, 2.24) is 5.16 Å². The molecule has 1 aliphatic heterocycles. The Morgan fingerprint density at radius 3 is 2.56 bits per heavy atom. The van der Waals surface area contributed by atoms with Gasteiger partial charge in [0.2, 0.25) is 0 Å². The average Bonchev–Trinajstić information content (AvgIpc) is 2.93. The zero-order chi connectivity index (χ0) is 17.6. The third-order valence-corrected chi connectivity index (χ3v) is 5.79. The molecule has 2 aromatic rings. The van der Waals surface area contributed by atoms with E-state index in [0.29, 0.717) is 11.3 Å². The Morgan fingerprint density at radius 1 is 1.20 bits per heavy atom. The lowest BCUT2D eigenvalue weighted by molar-refractivity contribution is -0.140. The highest BCUT2D eigenvalue weighted by atomic mass is 16.5. The molecular weight excluding hydrogens is 316 g/mol. The maximum absolute atomic E-state index is 12.7. The van der Waals surface area contributed by atoms with E-state index in [2.05, 4.69) is 10.5 Å². The van der Waals surface area contributed by atoms with Crippen molar-refractivity contribution in [2.24, 2.45) is 5.92 Å². The summed E-state index contributed by atoms with van der Waals surface area (Å²) < 4.78 is 5.28. The van der Waals surface area contributed by atoms with Gasteiger partial charge in [-0.05, 0) is 44.4 Å². The van der Waals surface area contributed by atoms with Gasteiger partial charge in [0.05, 0.1) is 5.69 Å². The van der Waals surface area contributed by atoms with E-state index in [1.807, 2.05) is 32.0 Å². The van der Waals surface area contributed by atoms with Crippen molar-refractivity contribution in [2.45, 2.75) is 58.0 Å². The quantitative estimate of drug-likeness (QED) is 0.808. The molecule has 0 saturated heterocycles. The van der Waals surface area contributed by atoms with Crippen molar-refractivity contribution in [3.05, 3.63) is 35.2 Å². The Bertz CT molecular complexity index is 799. The Balaban J connectivity index is 1.81. The Morgan fingerprint density at radius 2 is 1.92 bits per heavy atom. The minimum atomic E-state index is -1.44. The molecule has 25 heavy (non-hydrogen) atoms. The number of benzene rings is 1. The second-order valence-corrected chi connectivity index (χ2v) is 7.37. The third-order valence-electron chi connectivity index (χ3n) is 5.79. The van der Waals surface area contributed by atoms with Crippen LogP contribution in [0, 0.1) is 19.8 Å². The minimum absolute atomic E-state index is 0.0313. The van der Waals surface area contributed by atoms with Crippen molar-refractivity contribution >= 4 is 11.6 Å². The molecule has 0 bridgehead atoms. The van der Waals surface area contributed by atoms with Crippen LogP contribution in [0.25, 0.3) is 11.1 Å². The van der Waals surface area contributed by atoms with Crippen LogP contribution in [-0.4, -0.2) is 16.2 Å². The number of aliphatic hydroxyl groups is 1. The number of amides is 1. The fourth-order valence-electron chi connectivity index (χ4n) is 4.46. The molecule has 5 nitrogen and oxygen atoms in total. The standard InChI is InChI=1S/C20H24N2O3/c1-12-18(13(2)25-22-12)14-9-10-17-16(11-14)20(24,19(23)21-17)15-7-5-3-4-6-8-15/h9-11,15,24H,3-8H2,1-2H3,(H,21,23). The number of anilines is 1. The molecule has 2 N–H and O–H groups in total. The smallest absolute Gasteiger partial charge is 0.261 e. The third kappa shape index (κ3) is 2.49. The van der Waals surface area contributed by atoms with Crippen LogP contribution in [0.5, 0.6) is 0 Å². The van der Waals surface area contributed by atoms with E-state index in [-0.39, 0.29) is 11.8 Å². The van der Waals surface area contributed by atoms with Crippen molar-refractivity contribution in [3.63, 3.8) is 0 Å². The fraction of sp³-hybridized carbons (Fsp3) is 0.500. The summed E-state index contributed by atoms with van der Waals surface area (Å²) in [5, 5.41) is 18.4. The van der Waals surface area contributed by atoms with Crippen LogP contribution in [0.4, 0.5) is 5.69 Å². The largest absolute Gasteiger partial charge is 0.375 e. The Hall–Kier alpha value is -2.14. The molecule has 1 saturated carbocycles. The first-order chi connectivity index (χ1) is 12.0. The summed E-state index contributed by atoms with van der Waals surface area (Å²) in [6, 6.07) is 5.76. The predicted octanol–water partition coefficient (Wildman–Crippen LogP) is 4.07. The summed E-state index contributed by atoms with van der Waals surface area (Å²) in [7, 11) is 0. The topological polar surface area (TPSA) is 75.4 Å². The molecule has 4 rings (SSSR count). The molecule has 1 aromatic heterocycles. The SMILES string of the molecule is Cc1noc(C)c1-c1ccc2c(c1)C(O)(C1CCCCCC1)C(=O)N2. The van der Waals surface area contributed by atoms with Gasteiger partial charge in [0.1, 0.15) is 5.76 Å². The fourth-order valence-corrected chi connectivity index (χ4v) is 4.46. The Labute approximate surface area is 147 Å². The first-order valence-electron chi connectivity index (χ1n) is 9.13. The highest BCUT2D eigenvalue weighted by molar-refractivity contribution is 6.05. The van der Waals surface area contributed by atoms with Gasteiger partial charge in [-0.15, -0.1) is 0 Å². The molecule has 132 valence electrons. The molecular formula is C20H24N2O3. The Kier molecular flexibility index (Phi) is 3.91. The van der Waals surface area contributed by atoms with E-state index >= 15 is 0 Å². The molecule has 1 fully saturated rings. The number of nitrogens with zero attached hydrogens (tertiary/aromatic N) is 1. The van der Waals surface area contributed by atoms with Gasteiger partial charge in [-0.2, -0.15) is 0 Å². The molecule has 1 aromatic carbocycles. The summed E-state index contributed by atoms with van der Waals surface area (Å²) in [6.07, 6.45) is 6.27. The van der Waals surface area contributed by atoms with E-state index in [0.717, 1.165) is 48.3 Å². The summed E-state index contributed by atoms with van der Waals surface area (Å²) in [5.74, 6) is 0.425. The lowest BCUT2D eigenvalue weighted by Gasteiger charge is -2.30. The van der Waals surface area contributed by atoms with Gasteiger partial charge >= 0.3 is 0 Å². The van der Waals surface area contributed by atoms with E-state index in [9.17, 15) is 9.90 Å². The van der Waals surface area contributed by atoms with Crippen LogP contribution in [0.2, 0.25) is 0 Å². The maximum atomic E-state index is 12.7. The molecule has 2 heterocycles. The zero-order valence-electron chi connectivity index (χ0n) is 14.8. The number of hydrogen-bond acceptors (Lipinski definition) is 4. The van der Waals surface area contributed by atoms with E-state index in [1.54, 1.807) is 0 Å². The van der Waals surface area contributed by atoms with Crippen LogP contribution >= 0.6 is 0 Å². The normalized spacial score (nSPS) is 24.0. The number of fused-ring (bicyclic) bond motifs is 1. The number of carbonyl (C=O) groups is 1. The van der Waals surface area contributed by atoms with E-state index in [1.165, 1.54) is 12.8 Å². The molecule has 1 amide bonds. The summed E-state index contributed by atoms with van der Waals surface area (Å²) >= 11 is 0. The number of nitrogens with one attached hydrogen (secondary N) is 1. The van der Waals surface area contributed by atoms with Gasteiger partial charge < -0.3 is 14.9 Å². The molecule has 1 atom stereocenters. The summed E-state index contributed by atoms with van der Waals surface area (Å²) in [6.45, 7) is 3.78. The lowest BCUT2D eigenvalue weighted by Crippen LogP contribution is -2.41. The molecule has 5 heteroatoms. The van der Waals surface area contributed by atoms with Crippen LogP contribution in [0.3, 0.4) is 0 Å². The van der Waals surface area contributed by atoms with Crippen LogP contribution < -0.4 is 5.32 Å².